The van der Waals surface area contributed by atoms with E-state index in [1.165, 1.54) is 0 Å². The first-order valence-electron chi connectivity index (χ1n) is 10.4. The highest BCUT2D eigenvalue weighted by Gasteiger charge is 2.12. The first-order chi connectivity index (χ1) is 16.3. The molecule has 0 spiro atoms. The van der Waals surface area contributed by atoms with Crippen LogP contribution in [-0.4, -0.2) is 32.7 Å². The van der Waals surface area contributed by atoms with Crippen molar-refractivity contribution < 1.29 is 14.2 Å². The van der Waals surface area contributed by atoms with E-state index in [2.05, 4.69) is 31.7 Å². The Morgan fingerprint density at radius 2 is 1.70 bits per heavy atom. The highest BCUT2D eigenvalue weighted by atomic mass is 16.5. The zero-order valence-corrected chi connectivity index (χ0v) is 17.9. The molecule has 0 saturated carbocycles. The zero-order valence-electron chi connectivity index (χ0n) is 17.9. The number of hydrogen-bond acceptors (Lipinski definition) is 7. The van der Waals surface area contributed by atoms with Gasteiger partial charge in [-0.1, -0.05) is 36.4 Å². The summed E-state index contributed by atoms with van der Waals surface area (Å²) in [6.07, 6.45) is 0. The Morgan fingerprint density at radius 3 is 2.58 bits per heavy atom. The van der Waals surface area contributed by atoms with E-state index in [0.717, 1.165) is 27.9 Å². The molecule has 0 fully saturated rings. The summed E-state index contributed by atoms with van der Waals surface area (Å²) < 4.78 is 17.3. The highest BCUT2D eigenvalue weighted by molar-refractivity contribution is 5.78. The summed E-state index contributed by atoms with van der Waals surface area (Å²) in [5.74, 6) is 2.51. The number of aromatic nitrogens is 5. The molecule has 0 radical (unpaired) electrons. The summed E-state index contributed by atoms with van der Waals surface area (Å²) in [7, 11) is 1.60. The van der Waals surface area contributed by atoms with Gasteiger partial charge in [0.05, 0.1) is 23.9 Å². The molecule has 3 aromatic carbocycles. The molecule has 5 aromatic rings. The first kappa shape index (κ1) is 20.4. The van der Waals surface area contributed by atoms with Crippen LogP contribution in [0.25, 0.3) is 22.3 Å². The van der Waals surface area contributed by atoms with Gasteiger partial charge in [-0.05, 0) is 53.2 Å². The molecule has 33 heavy (non-hydrogen) atoms. The van der Waals surface area contributed by atoms with E-state index in [4.69, 9.17) is 14.2 Å². The molecular formula is C25H21N5O3. The van der Waals surface area contributed by atoms with Gasteiger partial charge in [-0.2, -0.15) is 5.21 Å². The molecular weight excluding hydrogens is 418 g/mol. The topological polar surface area (TPSA) is 95.0 Å². The van der Waals surface area contributed by atoms with Crippen LogP contribution in [0.2, 0.25) is 0 Å². The van der Waals surface area contributed by atoms with Crippen molar-refractivity contribution in [1.29, 1.82) is 0 Å². The number of nitrogens with zero attached hydrogens (tertiary/aromatic N) is 4. The number of rotatable bonds is 8. The molecule has 8 nitrogen and oxygen atoms in total. The molecule has 2 aromatic heterocycles. The second-order valence-corrected chi connectivity index (χ2v) is 7.32. The van der Waals surface area contributed by atoms with Crippen molar-refractivity contribution in [2.45, 2.75) is 13.2 Å². The van der Waals surface area contributed by atoms with Crippen LogP contribution in [0.1, 0.15) is 11.3 Å². The first-order valence-corrected chi connectivity index (χ1v) is 10.4. The Bertz CT molecular complexity index is 1370. The number of benzene rings is 3. The van der Waals surface area contributed by atoms with Gasteiger partial charge in [0.25, 0.3) is 0 Å². The monoisotopic (exact) mass is 439 g/mol. The quantitative estimate of drug-likeness (QED) is 0.378. The van der Waals surface area contributed by atoms with Crippen LogP contribution in [0, 0.1) is 0 Å². The molecule has 0 amide bonds. The molecule has 8 heteroatoms. The van der Waals surface area contributed by atoms with Crippen molar-refractivity contribution in [2.75, 3.05) is 7.11 Å². The smallest absolute Gasteiger partial charge is 0.208 e. The van der Waals surface area contributed by atoms with Gasteiger partial charge in [0.1, 0.15) is 30.5 Å². The number of methoxy groups -OCH3 is 1. The third kappa shape index (κ3) is 4.74. The van der Waals surface area contributed by atoms with E-state index >= 15 is 0 Å². The van der Waals surface area contributed by atoms with Crippen molar-refractivity contribution in [3.63, 3.8) is 0 Å². The summed E-state index contributed by atoms with van der Waals surface area (Å²) in [5.41, 5.74) is 3.52. The number of nitrogens with one attached hydrogen (secondary N) is 1. The number of tetrazole rings is 1. The summed E-state index contributed by atoms with van der Waals surface area (Å²) >= 11 is 0. The minimum absolute atomic E-state index is 0.378. The molecule has 0 saturated heterocycles. The van der Waals surface area contributed by atoms with Gasteiger partial charge < -0.3 is 14.2 Å². The number of H-pyrrole nitrogens is 1. The van der Waals surface area contributed by atoms with E-state index in [-0.39, 0.29) is 0 Å². The predicted octanol–water partition coefficient (Wildman–Crippen LogP) is 4.58. The molecule has 0 aliphatic heterocycles. The molecule has 5 rings (SSSR count). The zero-order chi connectivity index (χ0) is 22.5. The number of hydrogen-bond donors (Lipinski definition) is 1. The maximum Gasteiger partial charge on any atom is 0.208 e. The van der Waals surface area contributed by atoms with Crippen molar-refractivity contribution in [2.24, 2.45) is 0 Å². The van der Waals surface area contributed by atoms with Crippen LogP contribution in [-0.2, 0) is 13.2 Å². The molecule has 0 aliphatic carbocycles. The van der Waals surface area contributed by atoms with Gasteiger partial charge in [0.2, 0.25) is 5.82 Å². The predicted molar refractivity (Wildman–Crippen MR) is 123 cm³/mol. The van der Waals surface area contributed by atoms with Gasteiger partial charge in [0, 0.05) is 5.39 Å². The Labute approximate surface area is 190 Å². The Hall–Kier alpha value is -4.46. The molecule has 2 heterocycles. The molecule has 0 aliphatic rings. The SMILES string of the molecule is COc1ccc(OCc2cccc(OCc3ccc4ccccc4n3)c2)cc1-c1nn[nH]n1. The molecule has 0 bridgehead atoms. The third-order valence-electron chi connectivity index (χ3n) is 5.10. The van der Waals surface area contributed by atoms with E-state index in [9.17, 15) is 0 Å². The summed E-state index contributed by atoms with van der Waals surface area (Å²) in [5, 5.41) is 15.2. The van der Waals surface area contributed by atoms with Crippen molar-refractivity contribution in [1.82, 2.24) is 25.6 Å². The van der Waals surface area contributed by atoms with E-state index in [0.29, 0.717) is 36.1 Å². The number of pyridine rings is 1. The van der Waals surface area contributed by atoms with E-state index in [1.54, 1.807) is 7.11 Å². The summed E-state index contributed by atoms with van der Waals surface area (Å²) in [6.45, 7) is 0.769. The highest BCUT2D eigenvalue weighted by Crippen LogP contribution is 2.31. The minimum Gasteiger partial charge on any atom is -0.496 e. The average molecular weight is 439 g/mol. The van der Waals surface area contributed by atoms with Crippen molar-refractivity contribution >= 4 is 10.9 Å². The van der Waals surface area contributed by atoms with E-state index in [1.807, 2.05) is 72.8 Å². The van der Waals surface area contributed by atoms with Crippen LogP contribution < -0.4 is 14.2 Å². The van der Waals surface area contributed by atoms with Crippen molar-refractivity contribution in [3.05, 3.63) is 90.1 Å². The number of aromatic amines is 1. The molecule has 164 valence electrons. The van der Waals surface area contributed by atoms with Gasteiger partial charge >= 0.3 is 0 Å². The fourth-order valence-electron chi connectivity index (χ4n) is 3.47. The largest absolute Gasteiger partial charge is 0.496 e. The lowest BCUT2D eigenvalue weighted by Crippen LogP contribution is -2.00. The lowest BCUT2D eigenvalue weighted by molar-refractivity contribution is 0.293. The standard InChI is InChI=1S/C25H21N5O3/c1-31-24-12-11-21(14-22(24)25-27-29-30-28-25)32-15-17-5-4-7-20(13-17)33-16-19-10-9-18-6-2-3-8-23(18)26-19/h2-14H,15-16H2,1H3,(H,27,28,29,30). The fraction of sp³-hybridized carbons (Fsp3) is 0.120. The fourth-order valence-corrected chi connectivity index (χ4v) is 3.47. The molecule has 0 atom stereocenters. The average Bonchev–Trinajstić information content (AvgIpc) is 3.41. The van der Waals surface area contributed by atoms with Gasteiger partial charge in [0.15, 0.2) is 0 Å². The maximum atomic E-state index is 5.99. The molecule has 0 unspecified atom stereocenters. The maximum absolute atomic E-state index is 5.99. The lowest BCUT2D eigenvalue weighted by atomic mass is 10.1. The van der Waals surface area contributed by atoms with Gasteiger partial charge in [-0.3, -0.25) is 0 Å². The lowest BCUT2D eigenvalue weighted by Gasteiger charge is -2.11. The van der Waals surface area contributed by atoms with Crippen molar-refractivity contribution in [3.8, 4) is 28.6 Å². The molecule has 1 N–H and O–H groups in total. The Morgan fingerprint density at radius 1 is 0.818 bits per heavy atom. The van der Waals surface area contributed by atoms with Crippen LogP contribution in [0.3, 0.4) is 0 Å². The van der Waals surface area contributed by atoms with Crippen LogP contribution in [0.15, 0.2) is 78.9 Å². The second kappa shape index (κ2) is 9.35. The van der Waals surface area contributed by atoms with Gasteiger partial charge in [-0.15, -0.1) is 10.2 Å². The van der Waals surface area contributed by atoms with E-state index < -0.39 is 0 Å². The minimum atomic E-state index is 0.378. The number of para-hydroxylation sites is 1. The van der Waals surface area contributed by atoms with Crippen LogP contribution in [0.4, 0.5) is 0 Å². The van der Waals surface area contributed by atoms with Crippen LogP contribution in [0.5, 0.6) is 17.2 Å². The summed E-state index contributed by atoms with van der Waals surface area (Å²) in [6, 6.07) is 25.4. The second-order valence-electron chi connectivity index (χ2n) is 7.32. The summed E-state index contributed by atoms with van der Waals surface area (Å²) in [4.78, 5) is 4.66. The number of ether oxygens (including phenoxy) is 3. The van der Waals surface area contributed by atoms with Gasteiger partial charge in [-0.25, -0.2) is 4.98 Å². The Balaban J connectivity index is 1.24. The Kier molecular flexibility index (Phi) is 5.79. The van der Waals surface area contributed by atoms with Crippen LogP contribution >= 0.6 is 0 Å². The number of fused-ring (bicyclic) bond motifs is 1. The normalized spacial score (nSPS) is 10.8. The third-order valence-corrected chi connectivity index (χ3v) is 5.10.